The fraction of sp³-hybridized carbons (Fsp3) is 0.500. The third-order valence-electron chi connectivity index (χ3n) is 7.01. The topological polar surface area (TPSA) is 0 Å². The molecule has 0 radical (unpaired) electrons. The van der Waals surface area contributed by atoms with Crippen molar-refractivity contribution in [2.75, 3.05) is 0 Å². The van der Waals surface area contributed by atoms with E-state index in [9.17, 15) is 13.2 Å². The fourth-order valence-electron chi connectivity index (χ4n) is 5.28. The van der Waals surface area contributed by atoms with Gasteiger partial charge in [-0.15, -0.1) is 9.24 Å². The zero-order valence-corrected chi connectivity index (χ0v) is 18.6. The summed E-state index contributed by atoms with van der Waals surface area (Å²) in [6, 6.07) is 7.79. The molecule has 0 aromatic heterocycles. The first-order valence-electron chi connectivity index (χ1n) is 10.6. The molecule has 0 nitrogen and oxygen atoms in total. The molecule has 2 aliphatic rings. The zero-order chi connectivity index (χ0) is 20.5. The first kappa shape index (κ1) is 21.2. The van der Waals surface area contributed by atoms with E-state index in [-0.39, 0.29) is 11.1 Å². The lowest BCUT2D eigenvalue weighted by molar-refractivity contribution is 0.188. The van der Waals surface area contributed by atoms with Crippen LogP contribution in [0.4, 0.5) is 13.2 Å². The standard InChI is InChI=1S/C24H28F3PS/c25-21-11-17(7-10-20(21)18-12-22(26)24(27)23(28)13-18)16-3-1-14(2-4-16)15-5-8-19(29)9-6-15/h7,10-16,19,29H,1-6,8-9,28H2. The van der Waals surface area contributed by atoms with Gasteiger partial charge in [0.25, 0.3) is 0 Å². The van der Waals surface area contributed by atoms with Gasteiger partial charge >= 0.3 is 0 Å². The second-order valence-electron chi connectivity index (χ2n) is 8.78. The minimum Gasteiger partial charge on any atom is -0.206 e. The monoisotopic (exact) mass is 436 g/mol. The molecule has 0 saturated heterocycles. The minimum absolute atomic E-state index is 0.105. The lowest BCUT2D eigenvalue weighted by atomic mass is 9.70. The van der Waals surface area contributed by atoms with E-state index in [4.69, 9.17) is 0 Å². The molecule has 0 amide bonds. The molecule has 5 heteroatoms. The smallest absolute Gasteiger partial charge is 0.165 e. The van der Waals surface area contributed by atoms with Gasteiger partial charge in [0.15, 0.2) is 11.6 Å². The van der Waals surface area contributed by atoms with E-state index < -0.39 is 11.6 Å². The number of hydrogen-bond acceptors (Lipinski definition) is 1. The Morgan fingerprint density at radius 2 is 1.38 bits per heavy atom. The van der Waals surface area contributed by atoms with Gasteiger partial charge in [0.05, 0.1) is 0 Å². The molecule has 0 spiro atoms. The number of hydrogen-bond donors (Lipinski definition) is 1. The molecular weight excluding hydrogens is 408 g/mol. The van der Waals surface area contributed by atoms with Crippen molar-refractivity contribution in [3.63, 3.8) is 0 Å². The Hall–Kier alpha value is -0.990. The Labute approximate surface area is 179 Å². The minimum atomic E-state index is -0.957. The van der Waals surface area contributed by atoms with Crippen molar-refractivity contribution < 1.29 is 13.2 Å². The van der Waals surface area contributed by atoms with E-state index in [2.05, 4.69) is 21.9 Å². The molecule has 2 saturated carbocycles. The van der Waals surface area contributed by atoms with Crippen molar-refractivity contribution in [1.29, 1.82) is 0 Å². The van der Waals surface area contributed by atoms with Crippen LogP contribution < -0.4 is 5.30 Å². The highest BCUT2D eigenvalue weighted by Gasteiger charge is 2.30. The predicted octanol–water partition coefficient (Wildman–Crippen LogP) is 7.03. The number of halogens is 3. The van der Waals surface area contributed by atoms with Crippen molar-refractivity contribution in [3.05, 3.63) is 53.3 Å². The van der Waals surface area contributed by atoms with Crippen LogP contribution in [-0.4, -0.2) is 5.25 Å². The summed E-state index contributed by atoms with van der Waals surface area (Å²) in [7, 11) is 2.16. The van der Waals surface area contributed by atoms with Gasteiger partial charge in [0.2, 0.25) is 0 Å². The summed E-state index contributed by atoms with van der Waals surface area (Å²) in [5.74, 6) is -0.200. The lowest BCUT2D eigenvalue weighted by Gasteiger charge is -2.37. The van der Waals surface area contributed by atoms with E-state index in [0.29, 0.717) is 22.3 Å². The summed E-state index contributed by atoms with van der Waals surface area (Å²) in [5, 5.41) is 0.690. The summed E-state index contributed by atoms with van der Waals surface area (Å²) in [6.07, 6.45) is 9.73. The SMILES string of the molecule is Fc1cc(C2CCC(C3CCC(S)CC3)CC2)ccc1-c1cc(F)c(F)c(P)c1. The molecule has 0 N–H and O–H groups in total. The van der Waals surface area contributed by atoms with Crippen LogP contribution in [0, 0.1) is 29.3 Å². The van der Waals surface area contributed by atoms with Gasteiger partial charge in [-0.1, -0.05) is 12.1 Å². The number of benzene rings is 2. The van der Waals surface area contributed by atoms with Crippen LogP contribution >= 0.6 is 21.9 Å². The maximum Gasteiger partial charge on any atom is 0.165 e. The van der Waals surface area contributed by atoms with Crippen molar-refractivity contribution in [2.24, 2.45) is 11.8 Å². The fourth-order valence-corrected chi connectivity index (χ4v) is 5.90. The van der Waals surface area contributed by atoms with Crippen LogP contribution in [0.5, 0.6) is 0 Å². The van der Waals surface area contributed by atoms with Crippen LogP contribution in [0.1, 0.15) is 62.8 Å². The second-order valence-corrected chi connectivity index (χ2v) is 10.1. The Balaban J connectivity index is 1.44. The van der Waals surface area contributed by atoms with Crippen molar-refractivity contribution >= 4 is 27.2 Å². The van der Waals surface area contributed by atoms with Crippen LogP contribution in [0.3, 0.4) is 0 Å². The molecule has 2 aliphatic carbocycles. The van der Waals surface area contributed by atoms with Gasteiger partial charge in [-0.05, 0) is 98.4 Å². The Morgan fingerprint density at radius 1 is 0.759 bits per heavy atom. The largest absolute Gasteiger partial charge is 0.206 e. The van der Waals surface area contributed by atoms with Crippen LogP contribution in [0.25, 0.3) is 11.1 Å². The van der Waals surface area contributed by atoms with Crippen LogP contribution in [-0.2, 0) is 0 Å². The predicted molar refractivity (Wildman–Crippen MR) is 121 cm³/mol. The molecule has 2 aromatic rings. The van der Waals surface area contributed by atoms with Gasteiger partial charge < -0.3 is 0 Å². The Kier molecular flexibility index (Phi) is 6.61. The Bertz CT molecular complexity index is 845. The van der Waals surface area contributed by atoms with Gasteiger partial charge in [-0.2, -0.15) is 12.6 Å². The average molecular weight is 437 g/mol. The summed E-state index contributed by atoms with van der Waals surface area (Å²) >= 11 is 4.61. The molecule has 0 heterocycles. The highest BCUT2D eigenvalue weighted by atomic mass is 32.1. The van der Waals surface area contributed by atoms with Gasteiger partial charge in [-0.25, -0.2) is 13.2 Å². The molecular formula is C24H28F3PS. The quantitative estimate of drug-likeness (QED) is 0.387. The lowest BCUT2D eigenvalue weighted by Crippen LogP contribution is -2.25. The van der Waals surface area contributed by atoms with Gasteiger partial charge in [0.1, 0.15) is 5.82 Å². The Morgan fingerprint density at radius 3 is 1.97 bits per heavy atom. The maximum absolute atomic E-state index is 14.8. The van der Waals surface area contributed by atoms with E-state index in [0.717, 1.165) is 36.3 Å². The third-order valence-corrected chi connectivity index (χ3v) is 7.95. The summed E-state index contributed by atoms with van der Waals surface area (Å²) < 4.78 is 42.1. The molecule has 4 rings (SSSR count). The molecule has 2 aromatic carbocycles. The number of rotatable bonds is 3. The van der Waals surface area contributed by atoms with E-state index >= 15 is 0 Å². The molecule has 1 unspecified atom stereocenters. The summed E-state index contributed by atoms with van der Waals surface area (Å²) in [6.45, 7) is 0. The first-order valence-corrected chi connectivity index (χ1v) is 11.7. The third kappa shape index (κ3) is 4.69. The van der Waals surface area contributed by atoms with Gasteiger partial charge in [0, 0.05) is 16.1 Å². The van der Waals surface area contributed by atoms with Crippen molar-refractivity contribution in [2.45, 2.75) is 62.5 Å². The van der Waals surface area contributed by atoms with Gasteiger partial charge in [-0.3, -0.25) is 0 Å². The number of thiol groups is 1. The highest BCUT2D eigenvalue weighted by molar-refractivity contribution is 7.80. The molecule has 0 aliphatic heterocycles. The first-order chi connectivity index (χ1) is 13.9. The summed E-state index contributed by atoms with van der Waals surface area (Å²) in [5.41, 5.74) is 1.70. The second kappa shape index (κ2) is 9.02. The van der Waals surface area contributed by atoms with E-state index in [1.807, 2.05) is 6.07 Å². The van der Waals surface area contributed by atoms with E-state index in [1.165, 1.54) is 44.6 Å². The zero-order valence-electron chi connectivity index (χ0n) is 16.5. The highest BCUT2D eigenvalue weighted by Crippen LogP contribution is 2.44. The normalized spacial score (nSPS) is 27.8. The molecule has 156 valence electrons. The maximum atomic E-state index is 14.8. The van der Waals surface area contributed by atoms with Crippen molar-refractivity contribution in [1.82, 2.24) is 0 Å². The molecule has 2 fully saturated rings. The molecule has 29 heavy (non-hydrogen) atoms. The van der Waals surface area contributed by atoms with Crippen molar-refractivity contribution in [3.8, 4) is 11.1 Å². The molecule has 1 atom stereocenters. The van der Waals surface area contributed by atoms with Crippen LogP contribution in [0.2, 0.25) is 0 Å². The molecule has 0 bridgehead atoms. The van der Waals surface area contributed by atoms with Crippen LogP contribution in [0.15, 0.2) is 30.3 Å². The average Bonchev–Trinajstić information content (AvgIpc) is 2.72. The van der Waals surface area contributed by atoms with E-state index in [1.54, 1.807) is 12.1 Å². The summed E-state index contributed by atoms with van der Waals surface area (Å²) in [4.78, 5) is 0.